The number of benzene rings is 1. The maximum absolute atomic E-state index is 5.36. The largest absolute Gasteiger partial charge is 0.405 e. The number of rotatable bonds is 6. The SMILES string of the molecule is CC[C@@]1(/C=C\C=C/N)C=C1/C=C/c1ccc(N(C)C)cc1. The third-order valence-corrected chi connectivity index (χ3v) is 3.93. The van der Waals surface area contributed by atoms with Crippen LogP contribution in [0.15, 0.2) is 66.4 Å². The average molecular weight is 280 g/mol. The molecule has 0 saturated heterocycles. The number of hydrogen-bond acceptors (Lipinski definition) is 2. The number of hydrogen-bond donors (Lipinski definition) is 1. The molecule has 2 rings (SSSR count). The summed E-state index contributed by atoms with van der Waals surface area (Å²) in [4.78, 5) is 2.11. The molecule has 0 saturated carbocycles. The van der Waals surface area contributed by atoms with E-state index in [1.807, 2.05) is 12.2 Å². The minimum atomic E-state index is 0.138. The average Bonchev–Trinajstić information content (AvgIpc) is 3.20. The Morgan fingerprint density at radius 2 is 1.81 bits per heavy atom. The van der Waals surface area contributed by atoms with E-state index in [-0.39, 0.29) is 5.41 Å². The zero-order valence-corrected chi connectivity index (χ0v) is 13.1. The monoisotopic (exact) mass is 280 g/mol. The van der Waals surface area contributed by atoms with Crippen molar-refractivity contribution in [3.8, 4) is 0 Å². The summed E-state index contributed by atoms with van der Waals surface area (Å²) >= 11 is 0. The van der Waals surface area contributed by atoms with Gasteiger partial charge >= 0.3 is 0 Å². The van der Waals surface area contributed by atoms with Crippen LogP contribution in [0, 0.1) is 5.41 Å². The fraction of sp³-hybridized carbons (Fsp3) is 0.263. The van der Waals surface area contributed by atoms with Gasteiger partial charge in [0, 0.05) is 25.2 Å². The van der Waals surface area contributed by atoms with Crippen LogP contribution in [0.1, 0.15) is 18.9 Å². The Labute approximate surface area is 128 Å². The molecule has 0 heterocycles. The lowest BCUT2D eigenvalue weighted by molar-refractivity contribution is 0.676. The number of allylic oxidation sites excluding steroid dienone is 6. The van der Waals surface area contributed by atoms with E-state index >= 15 is 0 Å². The van der Waals surface area contributed by atoms with Crippen LogP contribution >= 0.6 is 0 Å². The van der Waals surface area contributed by atoms with Gasteiger partial charge in [-0.1, -0.05) is 49.4 Å². The predicted molar refractivity (Wildman–Crippen MR) is 93.1 cm³/mol. The standard InChI is InChI=1S/C19H24N2/c1-4-19(13-5-6-14-20)15-17(19)10-7-16-8-11-18(12-9-16)21(2)3/h5-15H,4,20H2,1-3H3/b10-7+,13-5-,14-6-/t19-/m1/s1. The van der Waals surface area contributed by atoms with Gasteiger partial charge in [-0.2, -0.15) is 0 Å². The molecule has 0 bridgehead atoms. The van der Waals surface area contributed by atoms with Gasteiger partial charge in [0.1, 0.15) is 0 Å². The van der Waals surface area contributed by atoms with E-state index in [1.165, 1.54) is 16.8 Å². The molecule has 0 fully saturated rings. The molecule has 2 nitrogen and oxygen atoms in total. The van der Waals surface area contributed by atoms with Gasteiger partial charge in [0.2, 0.25) is 0 Å². The third-order valence-electron chi connectivity index (χ3n) is 3.93. The highest BCUT2D eigenvalue weighted by atomic mass is 15.1. The van der Waals surface area contributed by atoms with Gasteiger partial charge in [-0.15, -0.1) is 0 Å². The van der Waals surface area contributed by atoms with Crippen LogP contribution < -0.4 is 10.6 Å². The highest BCUT2D eigenvalue weighted by molar-refractivity contribution is 5.63. The second-order valence-electron chi connectivity index (χ2n) is 5.56. The van der Waals surface area contributed by atoms with Crippen molar-refractivity contribution in [1.29, 1.82) is 0 Å². The first kappa shape index (κ1) is 15.2. The summed E-state index contributed by atoms with van der Waals surface area (Å²) in [6.07, 6.45) is 15.4. The second-order valence-corrected chi connectivity index (χ2v) is 5.56. The van der Waals surface area contributed by atoms with Gasteiger partial charge in [-0.3, -0.25) is 0 Å². The molecule has 1 atom stereocenters. The predicted octanol–water partition coefficient (Wildman–Crippen LogP) is 4.13. The first-order chi connectivity index (χ1) is 10.1. The lowest BCUT2D eigenvalue weighted by atomic mass is 9.95. The van der Waals surface area contributed by atoms with Gasteiger partial charge in [0.15, 0.2) is 0 Å². The number of anilines is 1. The van der Waals surface area contributed by atoms with Crippen molar-refractivity contribution < 1.29 is 0 Å². The molecule has 0 aliphatic heterocycles. The zero-order valence-electron chi connectivity index (χ0n) is 13.1. The maximum atomic E-state index is 5.36. The van der Waals surface area contributed by atoms with E-state index < -0.39 is 0 Å². The highest BCUT2D eigenvalue weighted by Crippen LogP contribution is 2.49. The molecule has 1 aromatic rings. The molecule has 0 amide bonds. The summed E-state index contributed by atoms with van der Waals surface area (Å²) in [7, 11) is 4.11. The van der Waals surface area contributed by atoms with Crippen LogP contribution in [0.5, 0.6) is 0 Å². The van der Waals surface area contributed by atoms with Crippen LogP contribution in [0.25, 0.3) is 6.08 Å². The number of nitrogens with zero attached hydrogens (tertiary/aromatic N) is 1. The Kier molecular flexibility index (Phi) is 4.69. The zero-order chi connectivity index (χ0) is 15.3. The van der Waals surface area contributed by atoms with Crippen molar-refractivity contribution in [1.82, 2.24) is 0 Å². The maximum Gasteiger partial charge on any atom is 0.0361 e. The van der Waals surface area contributed by atoms with E-state index in [2.05, 4.69) is 74.5 Å². The molecule has 0 unspecified atom stereocenters. The van der Waals surface area contributed by atoms with Gasteiger partial charge in [-0.05, 0) is 42.0 Å². The van der Waals surface area contributed by atoms with Gasteiger partial charge in [0.25, 0.3) is 0 Å². The molecule has 1 aromatic carbocycles. The van der Waals surface area contributed by atoms with Crippen molar-refractivity contribution >= 4 is 11.8 Å². The van der Waals surface area contributed by atoms with Crippen molar-refractivity contribution in [3.05, 3.63) is 72.0 Å². The Hall–Kier alpha value is -2.22. The van der Waals surface area contributed by atoms with Gasteiger partial charge < -0.3 is 10.6 Å². The molecule has 2 heteroatoms. The molecule has 0 aromatic heterocycles. The second kappa shape index (κ2) is 6.49. The molecule has 0 radical (unpaired) electrons. The minimum Gasteiger partial charge on any atom is -0.405 e. The molecule has 2 N–H and O–H groups in total. The smallest absolute Gasteiger partial charge is 0.0361 e. The van der Waals surface area contributed by atoms with Crippen LogP contribution in [0.3, 0.4) is 0 Å². The molecule has 0 spiro atoms. The van der Waals surface area contributed by atoms with Crippen molar-refractivity contribution in [2.75, 3.05) is 19.0 Å². The molecular weight excluding hydrogens is 256 g/mol. The summed E-state index contributed by atoms with van der Waals surface area (Å²) in [6.45, 7) is 2.21. The van der Waals surface area contributed by atoms with Gasteiger partial charge in [0.05, 0.1) is 0 Å². The molecule has 1 aliphatic carbocycles. The Morgan fingerprint density at radius 1 is 1.10 bits per heavy atom. The van der Waals surface area contributed by atoms with Crippen LogP contribution in [-0.4, -0.2) is 14.1 Å². The van der Waals surface area contributed by atoms with E-state index in [0.717, 1.165) is 6.42 Å². The summed E-state index contributed by atoms with van der Waals surface area (Å²) in [5.74, 6) is 0. The first-order valence-electron chi connectivity index (χ1n) is 7.36. The van der Waals surface area contributed by atoms with E-state index in [1.54, 1.807) is 6.20 Å². The van der Waals surface area contributed by atoms with Crippen LogP contribution in [0.2, 0.25) is 0 Å². The highest BCUT2D eigenvalue weighted by Gasteiger charge is 2.37. The van der Waals surface area contributed by atoms with Crippen molar-refractivity contribution in [2.45, 2.75) is 13.3 Å². The Bertz CT molecular complexity index is 588. The Balaban J connectivity index is 2.00. The van der Waals surface area contributed by atoms with Crippen LogP contribution in [0.4, 0.5) is 5.69 Å². The summed E-state index contributed by atoms with van der Waals surface area (Å²) in [5.41, 5.74) is 9.32. The third kappa shape index (κ3) is 3.66. The molecule has 110 valence electrons. The summed E-state index contributed by atoms with van der Waals surface area (Å²) < 4.78 is 0. The van der Waals surface area contributed by atoms with Crippen molar-refractivity contribution in [3.63, 3.8) is 0 Å². The molecular formula is C19H24N2. The normalized spacial score (nSPS) is 21.4. The fourth-order valence-corrected chi connectivity index (χ4v) is 2.37. The van der Waals surface area contributed by atoms with E-state index in [0.29, 0.717) is 0 Å². The quantitative estimate of drug-likeness (QED) is 0.794. The molecule has 21 heavy (non-hydrogen) atoms. The van der Waals surface area contributed by atoms with E-state index in [9.17, 15) is 0 Å². The topological polar surface area (TPSA) is 29.3 Å². The lowest BCUT2D eigenvalue weighted by Gasteiger charge is -2.11. The molecule has 1 aliphatic rings. The number of nitrogens with two attached hydrogens (primary N) is 1. The van der Waals surface area contributed by atoms with Crippen molar-refractivity contribution in [2.24, 2.45) is 11.1 Å². The fourth-order valence-electron chi connectivity index (χ4n) is 2.37. The first-order valence-corrected chi connectivity index (χ1v) is 7.36. The minimum absolute atomic E-state index is 0.138. The summed E-state index contributed by atoms with van der Waals surface area (Å²) in [6, 6.07) is 8.57. The van der Waals surface area contributed by atoms with Crippen LogP contribution in [-0.2, 0) is 0 Å². The van der Waals surface area contributed by atoms with Gasteiger partial charge in [-0.25, -0.2) is 0 Å². The lowest BCUT2D eigenvalue weighted by Crippen LogP contribution is -2.07. The Morgan fingerprint density at radius 3 is 2.38 bits per heavy atom. The van der Waals surface area contributed by atoms with E-state index in [4.69, 9.17) is 5.73 Å². The summed E-state index contributed by atoms with van der Waals surface area (Å²) in [5, 5.41) is 0.